The largest absolute Gasteiger partial charge is 0.508 e. The summed E-state index contributed by atoms with van der Waals surface area (Å²) < 4.78 is 31.9. The van der Waals surface area contributed by atoms with Crippen molar-refractivity contribution in [3.63, 3.8) is 0 Å². The highest BCUT2D eigenvalue weighted by Crippen LogP contribution is 2.23. The number of hydrogen-bond acceptors (Lipinski definition) is 7. The summed E-state index contributed by atoms with van der Waals surface area (Å²) in [4.78, 5) is 21.7. The zero-order valence-electron chi connectivity index (χ0n) is 13.7. The van der Waals surface area contributed by atoms with E-state index in [4.69, 9.17) is 0 Å². The van der Waals surface area contributed by atoms with E-state index in [1.54, 1.807) is 0 Å². The number of sulfonamides is 1. The normalized spacial score (nSPS) is 12.3. The number of para-hydroxylation sites is 1. The fourth-order valence-corrected chi connectivity index (χ4v) is 3.63. The van der Waals surface area contributed by atoms with Gasteiger partial charge in [0.1, 0.15) is 11.8 Å². The van der Waals surface area contributed by atoms with Crippen LogP contribution >= 0.6 is 0 Å². The van der Waals surface area contributed by atoms with Crippen molar-refractivity contribution >= 4 is 21.7 Å². The third-order valence-electron chi connectivity index (χ3n) is 3.51. The lowest BCUT2D eigenvalue weighted by Crippen LogP contribution is -2.43. The second-order valence-electron chi connectivity index (χ2n) is 5.29. The Balaban J connectivity index is 2.34. The van der Waals surface area contributed by atoms with E-state index in [1.165, 1.54) is 36.4 Å². The number of nitrogens with one attached hydrogen (secondary N) is 1. The Hall–Kier alpha value is -2.98. The molecule has 0 radical (unpaired) electrons. The van der Waals surface area contributed by atoms with E-state index in [-0.39, 0.29) is 12.2 Å². The first-order chi connectivity index (χ1) is 12.2. The number of phenols is 1. The molecule has 0 amide bonds. The standard InChI is InChI=1S/C16H16N2O7S/c1-25-16(20)13(10-11-6-8-12(19)9-7-11)17-26(23,24)15-5-3-2-4-14(15)18(21)22/h2-9,13,17,19H,10H2,1H3/t13-/m0/s1. The van der Waals surface area contributed by atoms with Crippen LogP contribution in [0.5, 0.6) is 5.75 Å². The molecule has 9 nitrogen and oxygen atoms in total. The summed E-state index contributed by atoms with van der Waals surface area (Å²) in [5.74, 6) is -0.830. The van der Waals surface area contributed by atoms with Gasteiger partial charge in [0, 0.05) is 6.07 Å². The van der Waals surface area contributed by atoms with Gasteiger partial charge in [0.25, 0.3) is 5.69 Å². The van der Waals surface area contributed by atoms with Gasteiger partial charge in [-0.1, -0.05) is 24.3 Å². The van der Waals surface area contributed by atoms with Gasteiger partial charge in [0.15, 0.2) is 4.90 Å². The summed E-state index contributed by atoms with van der Waals surface area (Å²) in [7, 11) is -3.26. The molecule has 0 aliphatic carbocycles. The summed E-state index contributed by atoms with van der Waals surface area (Å²) in [5.41, 5.74) is -0.0447. The van der Waals surface area contributed by atoms with E-state index in [0.717, 1.165) is 19.2 Å². The third kappa shape index (κ3) is 4.55. The van der Waals surface area contributed by atoms with Crippen LogP contribution in [0.2, 0.25) is 0 Å². The maximum absolute atomic E-state index is 12.6. The fraction of sp³-hybridized carbons (Fsp3) is 0.188. The quantitative estimate of drug-likeness (QED) is 0.420. The molecule has 0 bridgehead atoms. The molecule has 138 valence electrons. The van der Waals surface area contributed by atoms with E-state index in [1.807, 2.05) is 0 Å². The second kappa shape index (κ2) is 7.93. The van der Waals surface area contributed by atoms with Crippen molar-refractivity contribution in [2.45, 2.75) is 17.4 Å². The lowest BCUT2D eigenvalue weighted by Gasteiger charge is -2.17. The second-order valence-corrected chi connectivity index (χ2v) is 6.97. The Morgan fingerprint density at radius 1 is 1.23 bits per heavy atom. The van der Waals surface area contributed by atoms with Gasteiger partial charge >= 0.3 is 5.97 Å². The number of phenolic OH excluding ortho intramolecular Hbond substituents is 1. The van der Waals surface area contributed by atoms with Crippen LogP contribution in [-0.4, -0.2) is 37.6 Å². The molecule has 1 atom stereocenters. The van der Waals surface area contributed by atoms with Crippen molar-refractivity contribution in [2.75, 3.05) is 7.11 Å². The molecule has 10 heteroatoms. The number of nitro benzene ring substituents is 1. The van der Waals surface area contributed by atoms with Crippen LogP contribution in [0.15, 0.2) is 53.4 Å². The van der Waals surface area contributed by atoms with E-state index in [2.05, 4.69) is 9.46 Å². The van der Waals surface area contributed by atoms with E-state index in [0.29, 0.717) is 5.56 Å². The molecule has 0 aliphatic rings. The van der Waals surface area contributed by atoms with Gasteiger partial charge in [-0.15, -0.1) is 0 Å². The number of aromatic hydroxyl groups is 1. The SMILES string of the molecule is COC(=O)[C@H](Cc1ccc(O)cc1)NS(=O)(=O)c1ccccc1[N+](=O)[O-]. The van der Waals surface area contributed by atoms with Crippen LogP contribution in [0.3, 0.4) is 0 Å². The zero-order chi connectivity index (χ0) is 19.3. The number of hydrogen-bond donors (Lipinski definition) is 2. The maximum Gasteiger partial charge on any atom is 0.324 e. The Kier molecular flexibility index (Phi) is 5.90. The van der Waals surface area contributed by atoms with Crippen molar-refractivity contribution < 1.29 is 28.0 Å². The van der Waals surface area contributed by atoms with E-state index in [9.17, 15) is 28.4 Å². The number of ether oxygens (including phenoxy) is 1. The molecule has 0 saturated carbocycles. The maximum atomic E-state index is 12.6. The topological polar surface area (TPSA) is 136 Å². The van der Waals surface area contributed by atoms with Gasteiger partial charge in [-0.05, 0) is 30.2 Å². The Morgan fingerprint density at radius 2 is 1.85 bits per heavy atom. The van der Waals surface area contributed by atoms with Crippen LogP contribution in [-0.2, 0) is 26.0 Å². The van der Waals surface area contributed by atoms with E-state index < -0.39 is 37.5 Å². The third-order valence-corrected chi connectivity index (χ3v) is 5.03. The summed E-state index contributed by atoms with van der Waals surface area (Å²) >= 11 is 0. The first kappa shape index (κ1) is 19.3. The zero-order valence-corrected chi connectivity index (χ0v) is 14.5. The number of rotatable bonds is 7. The predicted molar refractivity (Wildman–Crippen MR) is 91.0 cm³/mol. The highest BCUT2D eigenvalue weighted by atomic mass is 32.2. The average molecular weight is 380 g/mol. The molecule has 2 aromatic carbocycles. The first-order valence-corrected chi connectivity index (χ1v) is 8.84. The van der Waals surface area contributed by atoms with Crippen molar-refractivity contribution in [3.05, 3.63) is 64.2 Å². The molecule has 0 spiro atoms. The molecule has 0 saturated heterocycles. The van der Waals surface area contributed by atoms with Gasteiger partial charge in [-0.25, -0.2) is 8.42 Å². The highest BCUT2D eigenvalue weighted by molar-refractivity contribution is 7.89. The van der Waals surface area contributed by atoms with Crippen LogP contribution in [0, 0.1) is 10.1 Å². The minimum atomic E-state index is -4.36. The summed E-state index contributed by atoms with van der Waals surface area (Å²) in [5, 5.41) is 20.4. The number of benzene rings is 2. The van der Waals surface area contributed by atoms with Gasteiger partial charge in [0.05, 0.1) is 12.0 Å². The van der Waals surface area contributed by atoms with Gasteiger partial charge in [-0.2, -0.15) is 4.72 Å². The molecule has 2 N–H and O–H groups in total. The molecular formula is C16H16N2O7S. The molecule has 2 rings (SSSR count). The Bertz CT molecular complexity index is 910. The Morgan fingerprint density at radius 3 is 2.42 bits per heavy atom. The lowest BCUT2D eigenvalue weighted by atomic mass is 10.1. The van der Waals surface area contributed by atoms with E-state index >= 15 is 0 Å². The predicted octanol–water partition coefficient (Wildman–Crippen LogP) is 1.36. The number of esters is 1. The number of carbonyl (C=O) groups is 1. The van der Waals surface area contributed by atoms with Crippen molar-refractivity contribution in [1.82, 2.24) is 4.72 Å². The number of nitro groups is 1. The first-order valence-electron chi connectivity index (χ1n) is 7.36. The van der Waals surface area contributed by atoms with Gasteiger partial charge < -0.3 is 9.84 Å². The smallest absolute Gasteiger partial charge is 0.324 e. The van der Waals surface area contributed by atoms with Crippen LogP contribution in [0.4, 0.5) is 5.69 Å². The summed E-state index contributed by atoms with van der Waals surface area (Å²) in [6, 6.07) is 9.33. The molecule has 0 fully saturated rings. The molecule has 0 aliphatic heterocycles. The lowest BCUT2D eigenvalue weighted by molar-refractivity contribution is -0.387. The van der Waals surface area contributed by atoms with Crippen LogP contribution in [0.1, 0.15) is 5.56 Å². The fourth-order valence-electron chi connectivity index (χ4n) is 2.27. The molecule has 2 aromatic rings. The van der Waals surface area contributed by atoms with Crippen molar-refractivity contribution in [2.24, 2.45) is 0 Å². The molecule has 0 unspecified atom stereocenters. The van der Waals surface area contributed by atoms with Crippen LogP contribution < -0.4 is 4.72 Å². The van der Waals surface area contributed by atoms with Gasteiger partial charge in [0.2, 0.25) is 10.0 Å². The molecule has 0 aromatic heterocycles. The number of nitrogens with zero attached hydrogens (tertiary/aromatic N) is 1. The monoisotopic (exact) mass is 380 g/mol. The minimum absolute atomic E-state index is 0.0175. The number of carbonyl (C=O) groups excluding carboxylic acids is 1. The number of methoxy groups -OCH3 is 1. The minimum Gasteiger partial charge on any atom is -0.508 e. The van der Waals surface area contributed by atoms with Gasteiger partial charge in [-0.3, -0.25) is 14.9 Å². The summed E-state index contributed by atoms with van der Waals surface area (Å²) in [6.45, 7) is 0. The van der Waals surface area contributed by atoms with Crippen molar-refractivity contribution in [1.29, 1.82) is 0 Å². The summed E-state index contributed by atoms with van der Waals surface area (Å²) in [6.07, 6.45) is -0.0627. The molecular weight excluding hydrogens is 364 g/mol. The van der Waals surface area contributed by atoms with Crippen LogP contribution in [0.25, 0.3) is 0 Å². The van der Waals surface area contributed by atoms with Crippen molar-refractivity contribution in [3.8, 4) is 5.75 Å². The average Bonchev–Trinajstić information content (AvgIpc) is 2.62. The molecule has 0 heterocycles. The highest BCUT2D eigenvalue weighted by Gasteiger charge is 2.31. The Labute approximate surface area is 149 Å². The molecule has 26 heavy (non-hydrogen) atoms.